The van der Waals surface area contributed by atoms with Gasteiger partial charge in [-0.05, 0) is 154 Å². The number of alkyl carbamates (subject to hydrolysis) is 2. The van der Waals surface area contributed by atoms with E-state index in [1.807, 2.05) is 9.80 Å². The first kappa shape index (κ1) is 56.5. The van der Waals surface area contributed by atoms with Crippen molar-refractivity contribution < 1.29 is 38.1 Å². The zero-order valence-electron chi connectivity index (χ0n) is 47.3. The SMILES string of the molecule is C/C=C1\C=C(\c2ccc3nc([C@@H]4C[C@@H]5CCCC[C@@H]5N4C(=O)[C@H](CCOC)NC(=O)OC)[nH]c3c2)[C@H](C)CC[C@@H](C)/C=C\C(=C(/C)c2ccc3nc([C@@H]4C[C@@H]5CCCC[C@@H]5N4C(=O)[C@H](CCOC)NC(=O)OC)[nH]c3c2)CC1. The summed E-state index contributed by atoms with van der Waals surface area (Å²) >= 11 is 0. The second-order valence-electron chi connectivity index (χ2n) is 22.8. The molecular weight excluding hydrogens is 985 g/mol. The number of aromatic nitrogens is 4. The molecule has 2 aromatic heterocycles. The van der Waals surface area contributed by atoms with E-state index in [1.54, 1.807) is 14.2 Å². The van der Waals surface area contributed by atoms with E-state index in [0.29, 0.717) is 49.7 Å². The maximum absolute atomic E-state index is 14.6. The Bertz CT molecular complexity index is 2920. The van der Waals surface area contributed by atoms with Crippen molar-refractivity contribution in [3.63, 3.8) is 0 Å². The molecule has 0 spiro atoms. The Morgan fingerprint density at radius 3 is 1.78 bits per heavy atom. The molecule has 0 bridgehead atoms. The van der Waals surface area contributed by atoms with Crippen LogP contribution < -0.4 is 10.6 Å². The average Bonchev–Trinajstić information content (AvgIpc) is 4.31. The summed E-state index contributed by atoms with van der Waals surface area (Å²) < 4.78 is 20.6. The molecule has 4 aromatic rings. The first-order chi connectivity index (χ1) is 37.8. The number of benzene rings is 2. The molecule has 0 unspecified atom stereocenters. The van der Waals surface area contributed by atoms with E-state index < -0.39 is 24.3 Å². The largest absolute Gasteiger partial charge is 0.453 e. The van der Waals surface area contributed by atoms with Crippen LogP contribution in [0.4, 0.5) is 9.59 Å². The van der Waals surface area contributed by atoms with Crippen LogP contribution >= 0.6 is 0 Å². The van der Waals surface area contributed by atoms with Gasteiger partial charge in [0.1, 0.15) is 23.7 Å². The van der Waals surface area contributed by atoms with Crippen molar-refractivity contribution in [2.75, 3.05) is 41.7 Å². The normalized spacial score (nSPS) is 27.9. The van der Waals surface area contributed by atoms with Crippen molar-refractivity contribution in [3.05, 3.63) is 94.6 Å². The Morgan fingerprint density at radius 1 is 0.705 bits per heavy atom. The highest BCUT2D eigenvalue weighted by Gasteiger charge is 2.49. The second kappa shape index (κ2) is 25.7. The molecule has 78 heavy (non-hydrogen) atoms. The van der Waals surface area contributed by atoms with Crippen molar-refractivity contribution in [3.8, 4) is 0 Å². The van der Waals surface area contributed by atoms with Crippen LogP contribution in [0.5, 0.6) is 0 Å². The number of hydrogen-bond acceptors (Lipinski definition) is 10. The molecular formula is C62H84N8O8. The van der Waals surface area contributed by atoms with E-state index in [4.69, 9.17) is 28.9 Å². The standard InChI is InChI=1S/C62H84N8O8/c1-9-40-21-23-41(39(4)42-24-26-47-51(33-42)65-57(63-47)55-35-44-14-10-12-16-53(44)69(55)59(71)49(28-30-75-5)67-61(73)77-7)22-19-37(2)18-20-38(3)46(32-40)43-25-27-48-52(34-43)66-58(64-48)56-36-45-15-11-13-17-54(45)70(56)60(72)50(29-31-76-6)68-62(74)78-8/h9,19,22,24-27,32-34,37-38,44-45,49-50,53-56H,10-18,20-21,23,28-31,35-36H2,1-8H3,(H,63,65)(H,64,66)(H,67,73)(H,68,74)/b22-19-,40-9-,41-39-,46-32+/t37-,38-,44+,45+,49+,50+,53+,54+,55+,56+/m1/s1. The van der Waals surface area contributed by atoms with Crippen LogP contribution in [0.3, 0.4) is 0 Å². The summed E-state index contributed by atoms with van der Waals surface area (Å²) in [5, 5.41) is 5.60. The molecule has 2 aliphatic heterocycles. The topological polar surface area (TPSA) is 193 Å². The number of methoxy groups -OCH3 is 4. The molecule has 2 aromatic carbocycles. The number of allylic oxidation sites excluding steroid dienone is 8. The van der Waals surface area contributed by atoms with Gasteiger partial charge in [-0.2, -0.15) is 0 Å². The minimum Gasteiger partial charge on any atom is -0.453 e. The third kappa shape index (κ3) is 12.4. The lowest BCUT2D eigenvalue weighted by Crippen LogP contribution is -2.52. The number of nitrogens with one attached hydrogen (secondary N) is 4. The maximum atomic E-state index is 14.6. The summed E-state index contributed by atoms with van der Waals surface area (Å²) in [4.78, 5) is 75.8. The summed E-state index contributed by atoms with van der Waals surface area (Å²) in [7, 11) is 5.83. The number of nitrogens with zero attached hydrogens (tertiary/aromatic N) is 4. The number of hydrogen-bond donors (Lipinski definition) is 4. The third-order valence-corrected chi connectivity index (χ3v) is 17.9. The Labute approximate surface area is 460 Å². The molecule has 2 saturated carbocycles. The fraction of sp³-hybridized carbons (Fsp3) is 0.581. The van der Waals surface area contributed by atoms with E-state index in [1.165, 1.54) is 36.5 Å². The molecule has 420 valence electrons. The highest BCUT2D eigenvalue weighted by atomic mass is 16.5. The summed E-state index contributed by atoms with van der Waals surface area (Å²) in [5.41, 5.74) is 11.0. The summed E-state index contributed by atoms with van der Waals surface area (Å²) in [6.07, 6.45) is 22.7. The van der Waals surface area contributed by atoms with Crippen molar-refractivity contribution in [1.82, 2.24) is 40.4 Å². The molecule has 2 saturated heterocycles. The number of ether oxygens (including phenoxy) is 4. The molecule has 0 radical (unpaired) electrons. The molecule has 3 aliphatic carbocycles. The monoisotopic (exact) mass is 1070 g/mol. The molecule has 16 nitrogen and oxygen atoms in total. The van der Waals surface area contributed by atoms with E-state index in [-0.39, 0.29) is 36.0 Å². The summed E-state index contributed by atoms with van der Waals surface area (Å²) in [6, 6.07) is 11.2. The van der Waals surface area contributed by atoms with Crippen LogP contribution in [0.2, 0.25) is 0 Å². The fourth-order valence-corrected chi connectivity index (χ4v) is 13.5. The Hall–Kier alpha value is -6.26. The van der Waals surface area contributed by atoms with Gasteiger partial charge >= 0.3 is 12.2 Å². The van der Waals surface area contributed by atoms with Crippen LogP contribution in [-0.4, -0.2) is 120 Å². The van der Waals surface area contributed by atoms with E-state index >= 15 is 0 Å². The lowest BCUT2D eigenvalue weighted by atomic mass is 9.84. The molecule has 16 heteroatoms. The van der Waals surface area contributed by atoms with Gasteiger partial charge in [-0.1, -0.05) is 81.5 Å². The van der Waals surface area contributed by atoms with Crippen LogP contribution in [-0.2, 0) is 28.5 Å². The van der Waals surface area contributed by atoms with Crippen molar-refractivity contribution in [2.45, 2.75) is 167 Å². The minimum atomic E-state index is -0.772. The number of aromatic amines is 2. The van der Waals surface area contributed by atoms with Gasteiger partial charge in [0.2, 0.25) is 11.8 Å². The molecule has 4 fully saturated rings. The fourth-order valence-electron chi connectivity index (χ4n) is 13.5. The zero-order valence-corrected chi connectivity index (χ0v) is 47.3. The molecule has 9 rings (SSSR count). The van der Waals surface area contributed by atoms with Gasteiger partial charge in [0, 0.05) is 52.4 Å². The number of imidazole rings is 2. The van der Waals surface area contributed by atoms with Crippen LogP contribution in [0.1, 0.15) is 165 Å². The lowest BCUT2D eigenvalue weighted by Gasteiger charge is -2.35. The number of amides is 4. The highest BCUT2D eigenvalue weighted by molar-refractivity contribution is 5.88. The third-order valence-electron chi connectivity index (χ3n) is 17.9. The summed E-state index contributed by atoms with van der Waals surface area (Å²) in [6.45, 7) is 9.68. The Balaban J connectivity index is 0.969. The first-order valence-electron chi connectivity index (χ1n) is 28.9. The van der Waals surface area contributed by atoms with Crippen molar-refractivity contribution >= 4 is 57.2 Å². The van der Waals surface area contributed by atoms with Gasteiger partial charge < -0.3 is 49.3 Å². The van der Waals surface area contributed by atoms with Crippen LogP contribution in [0.25, 0.3) is 33.2 Å². The zero-order chi connectivity index (χ0) is 55.0. The van der Waals surface area contributed by atoms with Crippen molar-refractivity contribution in [1.29, 1.82) is 0 Å². The van der Waals surface area contributed by atoms with Gasteiger partial charge in [-0.15, -0.1) is 0 Å². The van der Waals surface area contributed by atoms with Crippen molar-refractivity contribution in [2.24, 2.45) is 23.7 Å². The van der Waals surface area contributed by atoms with E-state index in [9.17, 15) is 19.2 Å². The van der Waals surface area contributed by atoms with Gasteiger partial charge in [0.25, 0.3) is 0 Å². The second-order valence-corrected chi connectivity index (χ2v) is 22.8. The number of H-pyrrole nitrogens is 2. The van der Waals surface area contributed by atoms with E-state index in [0.717, 1.165) is 135 Å². The van der Waals surface area contributed by atoms with Gasteiger partial charge in [0.15, 0.2) is 0 Å². The summed E-state index contributed by atoms with van der Waals surface area (Å²) in [5.74, 6) is 2.73. The Kier molecular flexibility index (Phi) is 18.6. The average molecular weight is 1070 g/mol. The predicted molar refractivity (Wildman–Crippen MR) is 304 cm³/mol. The van der Waals surface area contributed by atoms with E-state index in [2.05, 4.69) is 109 Å². The first-order valence-corrected chi connectivity index (χ1v) is 28.9. The van der Waals surface area contributed by atoms with Crippen LogP contribution in [0.15, 0.2) is 71.8 Å². The molecule has 4 heterocycles. The van der Waals surface area contributed by atoms with Crippen LogP contribution in [0, 0.1) is 23.7 Å². The molecule has 4 amide bonds. The van der Waals surface area contributed by atoms with Gasteiger partial charge in [-0.3, -0.25) is 9.59 Å². The minimum absolute atomic E-state index is 0.0826. The molecule has 4 N–H and O–H groups in total. The van der Waals surface area contributed by atoms with Gasteiger partial charge in [-0.25, -0.2) is 19.6 Å². The maximum Gasteiger partial charge on any atom is 0.407 e. The predicted octanol–water partition coefficient (Wildman–Crippen LogP) is 11.8. The Morgan fingerprint density at radius 2 is 1.24 bits per heavy atom. The number of likely N-dealkylation sites (tertiary alicyclic amines) is 2. The molecule has 5 aliphatic rings. The molecule has 10 atom stereocenters. The highest BCUT2D eigenvalue weighted by Crippen LogP contribution is 2.48. The van der Waals surface area contributed by atoms with Gasteiger partial charge in [0.05, 0.1) is 48.4 Å². The number of carbonyl (C=O) groups excluding carboxylic acids is 4. The quantitative estimate of drug-likeness (QED) is 0.0944. The number of rotatable bonds is 14. The number of carbonyl (C=O) groups is 4. The smallest absolute Gasteiger partial charge is 0.407 e. The lowest BCUT2D eigenvalue weighted by molar-refractivity contribution is -0.138. The number of fused-ring (bicyclic) bond motifs is 4.